The Labute approximate surface area is 120 Å². The van der Waals surface area contributed by atoms with Crippen molar-refractivity contribution in [2.45, 2.75) is 13.8 Å². The topological polar surface area (TPSA) is 57.6 Å². The molecule has 5 heteroatoms. The summed E-state index contributed by atoms with van der Waals surface area (Å²) in [7, 11) is 1.63. The first-order chi connectivity index (χ1) is 8.32. The molecule has 1 aromatic carbocycles. The summed E-state index contributed by atoms with van der Waals surface area (Å²) >= 11 is 2.11. The molecule has 1 aromatic rings. The molecule has 98 valence electrons. The normalized spacial score (nSPS) is 12.0. The van der Waals surface area contributed by atoms with E-state index in [4.69, 9.17) is 5.11 Å². The summed E-state index contributed by atoms with van der Waals surface area (Å²) in [5.41, 5.74) is 1.63. The second kappa shape index (κ2) is 6.17. The molecular weight excluding hydrogens is 345 g/mol. The molecule has 1 N–H and O–H groups in total. The molecule has 1 unspecified atom stereocenters. The quantitative estimate of drug-likeness (QED) is 0.838. The van der Waals surface area contributed by atoms with Crippen LogP contribution in [0.1, 0.15) is 22.8 Å². The van der Waals surface area contributed by atoms with E-state index in [0.717, 1.165) is 9.13 Å². The number of amides is 1. The molecule has 0 aliphatic heterocycles. The lowest BCUT2D eigenvalue weighted by atomic mass is 10.1. The van der Waals surface area contributed by atoms with E-state index in [0.29, 0.717) is 5.56 Å². The Morgan fingerprint density at radius 1 is 1.44 bits per heavy atom. The van der Waals surface area contributed by atoms with Crippen LogP contribution in [0.5, 0.6) is 0 Å². The number of halogens is 1. The summed E-state index contributed by atoms with van der Waals surface area (Å²) in [6.07, 6.45) is 0. The van der Waals surface area contributed by atoms with Gasteiger partial charge >= 0.3 is 5.97 Å². The van der Waals surface area contributed by atoms with E-state index in [-0.39, 0.29) is 12.5 Å². The lowest BCUT2D eigenvalue weighted by Crippen LogP contribution is -2.34. The van der Waals surface area contributed by atoms with Crippen molar-refractivity contribution in [3.63, 3.8) is 0 Å². The number of aliphatic carboxylic acids is 1. The average Bonchev–Trinajstić information content (AvgIpc) is 2.31. The highest BCUT2D eigenvalue weighted by atomic mass is 127. The van der Waals surface area contributed by atoms with E-state index in [9.17, 15) is 9.59 Å². The third kappa shape index (κ3) is 3.69. The fourth-order valence-electron chi connectivity index (χ4n) is 1.58. The van der Waals surface area contributed by atoms with Crippen LogP contribution in [0.2, 0.25) is 0 Å². The molecule has 0 saturated heterocycles. The number of hydrogen-bond donors (Lipinski definition) is 1. The molecule has 1 rings (SSSR count). The van der Waals surface area contributed by atoms with Gasteiger partial charge in [0, 0.05) is 17.2 Å². The zero-order valence-electron chi connectivity index (χ0n) is 10.6. The number of rotatable bonds is 4. The summed E-state index contributed by atoms with van der Waals surface area (Å²) in [6, 6.07) is 5.65. The molecule has 0 fully saturated rings. The average molecular weight is 361 g/mol. The van der Waals surface area contributed by atoms with Crippen LogP contribution in [0.25, 0.3) is 0 Å². The predicted molar refractivity (Wildman–Crippen MR) is 77.7 cm³/mol. The van der Waals surface area contributed by atoms with Crippen LogP contribution < -0.4 is 0 Å². The van der Waals surface area contributed by atoms with E-state index >= 15 is 0 Å². The monoisotopic (exact) mass is 361 g/mol. The molecule has 4 nitrogen and oxygen atoms in total. The summed E-state index contributed by atoms with van der Waals surface area (Å²) in [6.45, 7) is 3.72. The lowest BCUT2D eigenvalue weighted by molar-refractivity contribution is -0.141. The van der Waals surface area contributed by atoms with Gasteiger partial charge in [0.05, 0.1) is 11.5 Å². The highest BCUT2D eigenvalue weighted by Crippen LogP contribution is 2.16. The smallest absolute Gasteiger partial charge is 0.308 e. The highest BCUT2D eigenvalue weighted by Gasteiger charge is 2.20. The summed E-state index contributed by atoms with van der Waals surface area (Å²) in [4.78, 5) is 24.4. The number of aryl methyl sites for hydroxylation is 1. The fourth-order valence-corrected chi connectivity index (χ4v) is 2.15. The largest absolute Gasteiger partial charge is 0.481 e. The van der Waals surface area contributed by atoms with Crippen molar-refractivity contribution >= 4 is 34.5 Å². The van der Waals surface area contributed by atoms with Crippen molar-refractivity contribution in [1.82, 2.24) is 4.90 Å². The minimum Gasteiger partial charge on any atom is -0.481 e. The molecular formula is C13H16INO3. The molecule has 0 radical (unpaired) electrons. The predicted octanol–water partition coefficient (Wildman–Crippen LogP) is 2.39. The molecule has 18 heavy (non-hydrogen) atoms. The van der Waals surface area contributed by atoms with Crippen molar-refractivity contribution in [3.8, 4) is 0 Å². The number of benzene rings is 1. The second-order valence-corrected chi connectivity index (χ2v) is 5.57. The standard InChI is InChI=1S/C13H16INO3/c1-8-4-5-11(14)10(6-8)12(16)15(3)7-9(2)13(17)18/h4-6,9H,7H2,1-3H3,(H,17,18). The Kier molecular flexibility index (Phi) is 5.13. The Balaban J connectivity index is 2.86. The third-order valence-electron chi connectivity index (χ3n) is 2.67. The van der Waals surface area contributed by atoms with E-state index in [1.54, 1.807) is 14.0 Å². The first-order valence-electron chi connectivity index (χ1n) is 5.57. The van der Waals surface area contributed by atoms with Gasteiger partial charge in [0.1, 0.15) is 0 Å². The van der Waals surface area contributed by atoms with Crippen LogP contribution in [-0.4, -0.2) is 35.5 Å². The van der Waals surface area contributed by atoms with Crippen molar-refractivity contribution in [1.29, 1.82) is 0 Å². The van der Waals surface area contributed by atoms with Gasteiger partial charge in [-0.05, 0) is 41.6 Å². The summed E-state index contributed by atoms with van der Waals surface area (Å²) in [5, 5.41) is 8.84. The first-order valence-corrected chi connectivity index (χ1v) is 6.65. The summed E-state index contributed by atoms with van der Waals surface area (Å²) < 4.78 is 0.873. The lowest BCUT2D eigenvalue weighted by Gasteiger charge is -2.20. The molecule has 0 heterocycles. The van der Waals surface area contributed by atoms with E-state index < -0.39 is 11.9 Å². The van der Waals surface area contributed by atoms with Crippen molar-refractivity contribution in [2.75, 3.05) is 13.6 Å². The maximum Gasteiger partial charge on any atom is 0.308 e. The van der Waals surface area contributed by atoms with Crippen LogP contribution in [0.4, 0.5) is 0 Å². The molecule has 0 aliphatic rings. The van der Waals surface area contributed by atoms with Crippen LogP contribution in [0.15, 0.2) is 18.2 Å². The Morgan fingerprint density at radius 3 is 2.61 bits per heavy atom. The van der Waals surface area contributed by atoms with Gasteiger partial charge in [-0.1, -0.05) is 18.6 Å². The number of nitrogens with zero attached hydrogens (tertiary/aromatic N) is 1. The number of carboxylic acid groups (broad SMARTS) is 1. The Hall–Kier alpha value is -1.11. The van der Waals surface area contributed by atoms with E-state index in [1.165, 1.54) is 4.90 Å². The number of carbonyl (C=O) groups excluding carboxylic acids is 1. The Morgan fingerprint density at radius 2 is 2.06 bits per heavy atom. The zero-order valence-corrected chi connectivity index (χ0v) is 12.8. The van der Waals surface area contributed by atoms with Crippen LogP contribution >= 0.6 is 22.6 Å². The van der Waals surface area contributed by atoms with E-state index in [1.807, 2.05) is 25.1 Å². The molecule has 0 bridgehead atoms. The van der Waals surface area contributed by atoms with Gasteiger partial charge in [0.2, 0.25) is 0 Å². The van der Waals surface area contributed by atoms with Crippen molar-refractivity contribution in [2.24, 2.45) is 5.92 Å². The fraction of sp³-hybridized carbons (Fsp3) is 0.385. The summed E-state index contributed by atoms with van der Waals surface area (Å²) in [5.74, 6) is -1.61. The molecule has 0 spiro atoms. The molecule has 1 atom stereocenters. The van der Waals surface area contributed by atoms with Crippen LogP contribution in [0, 0.1) is 16.4 Å². The van der Waals surface area contributed by atoms with Crippen molar-refractivity contribution < 1.29 is 14.7 Å². The van der Waals surface area contributed by atoms with Gasteiger partial charge in [-0.2, -0.15) is 0 Å². The van der Waals surface area contributed by atoms with Crippen LogP contribution in [-0.2, 0) is 4.79 Å². The van der Waals surface area contributed by atoms with Crippen LogP contribution in [0.3, 0.4) is 0 Å². The van der Waals surface area contributed by atoms with Gasteiger partial charge in [-0.15, -0.1) is 0 Å². The SMILES string of the molecule is Cc1ccc(I)c(C(=O)N(C)CC(C)C(=O)O)c1. The highest BCUT2D eigenvalue weighted by molar-refractivity contribution is 14.1. The van der Waals surface area contributed by atoms with Gasteiger partial charge in [-0.25, -0.2) is 0 Å². The van der Waals surface area contributed by atoms with Gasteiger partial charge in [0.15, 0.2) is 0 Å². The molecule has 0 aromatic heterocycles. The zero-order chi connectivity index (χ0) is 13.9. The molecule has 0 aliphatic carbocycles. The number of carboxylic acids is 1. The third-order valence-corrected chi connectivity index (χ3v) is 3.61. The first kappa shape index (κ1) is 14.9. The minimum atomic E-state index is -0.895. The van der Waals surface area contributed by atoms with Gasteiger partial charge < -0.3 is 10.0 Å². The number of carbonyl (C=O) groups is 2. The number of hydrogen-bond acceptors (Lipinski definition) is 2. The van der Waals surface area contributed by atoms with Crippen molar-refractivity contribution in [3.05, 3.63) is 32.9 Å². The maximum absolute atomic E-state index is 12.2. The second-order valence-electron chi connectivity index (χ2n) is 4.41. The Bertz CT molecular complexity index is 473. The van der Waals surface area contributed by atoms with Gasteiger partial charge in [-0.3, -0.25) is 9.59 Å². The molecule has 0 saturated carbocycles. The molecule has 1 amide bonds. The van der Waals surface area contributed by atoms with Gasteiger partial charge in [0.25, 0.3) is 5.91 Å². The maximum atomic E-state index is 12.2. The minimum absolute atomic E-state index is 0.142. The van der Waals surface area contributed by atoms with E-state index in [2.05, 4.69) is 22.6 Å².